The minimum absolute atomic E-state index is 0.175. The Labute approximate surface area is 178 Å². The van der Waals surface area contributed by atoms with Crippen molar-refractivity contribution >= 4 is 26.7 Å². The van der Waals surface area contributed by atoms with E-state index in [1.165, 1.54) is 0 Å². The molecule has 162 valence electrons. The van der Waals surface area contributed by atoms with Crippen molar-refractivity contribution in [3.05, 3.63) is 24.0 Å². The zero-order chi connectivity index (χ0) is 21.4. The molecule has 2 N–H and O–H groups in total. The molecule has 9 heteroatoms. The minimum atomic E-state index is -3.20. The molecule has 0 spiro atoms. The van der Waals surface area contributed by atoms with Crippen LogP contribution in [0.5, 0.6) is 0 Å². The second-order valence-electron chi connectivity index (χ2n) is 9.01. The Morgan fingerprint density at radius 3 is 2.67 bits per heavy atom. The highest BCUT2D eigenvalue weighted by Crippen LogP contribution is 2.37. The van der Waals surface area contributed by atoms with Crippen LogP contribution in [0.4, 0.5) is 5.69 Å². The van der Waals surface area contributed by atoms with Crippen molar-refractivity contribution in [1.82, 2.24) is 19.2 Å². The molecule has 1 aliphatic carbocycles. The number of fused-ring (bicyclic) bond motifs is 1. The number of aromatic amines is 1. The lowest BCUT2D eigenvalue weighted by atomic mass is 9.78. The molecule has 2 fully saturated rings. The number of nitrogens with zero attached hydrogens (tertiary/aromatic N) is 4. The van der Waals surface area contributed by atoms with Crippen LogP contribution in [0.15, 0.2) is 18.5 Å². The number of likely N-dealkylation sites (N-methyl/N-ethyl adjacent to an activating group) is 1. The Balaban J connectivity index is 1.41. The van der Waals surface area contributed by atoms with Gasteiger partial charge in [-0.1, -0.05) is 0 Å². The smallest absolute Gasteiger partial charge is 0.214 e. The molecule has 30 heavy (non-hydrogen) atoms. The monoisotopic (exact) mass is 430 g/mol. The minimum Gasteiger partial charge on any atom is -0.378 e. The van der Waals surface area contributed by atoms with Gasteiger partial charge in [0.05, 0.1) is 17.0 Å². The van der Waals surface area contributed by atoms with Gasteiger partial charge in [0.25, 0.3) is 0 Å². The summed E-state index contributed by atoms with van der Waals surface area (Å²) in [5, 5.41) is 14.0. The van der Waals surface area contributed by atoms with E-state index < -0.39 is 10.0 Å². The highest BCUT2D eigenvalue weighted by atomic mass is 32.2. The predicted octanol–water partition coefficient (Wildman–Crippen LogP) is 2.37. The average Bonchev–Trinajstić information content (AvgIpc) is 3.20. The molecule has 0 bridgehead atoms. The summed E-state index contributed by atoms with van der Waals surface area (Å²) < 4.78 is 27.4. The summed E-state index contributed by atoms with van der Waals surface area (Å²) in [4.78, 5) is 9.56. The lowest BCUT2D eigenvalue weighted by molar-refractivity contribution is 0.219. The SMILES string of the molecule is CN1CCN(S(=O)(=O)CC2CCC(C)(Nc3c(C#N)cnc4[nH]ccc34)CC2)CC1. The van der Waals surface area contributed by atoms with E-state index in [4.69, 9.17) is 0 Å². The summed E-state index contributed by atoms with van der Waals surface area (Å²) in [5.41, 5.74) is 1.93. The Hall–Kier alpha value is -2.15. The second-order valence-corrected chi connectivity index (χ2v) is 11.0. The third kappa shape index (κ3) is 4.31. The molecule has 2 aromatic heterocycles. The van der Waals surface area contributed by atoms with E-state index in [0.717, 1.165) is 55.5 Å². The molecule has 3 heterocycles. The van der Waals surface area contributed by atoms with Crippen molar-refractivity contribution in [3.8, 4) is 6.07 Å². The van der Waals surface area contributed by atoms with E-state index in [1.54, 1.807) is 10.5 Å². The van der Waals surface area contributed by atoms with Crippen LogP contribution < -0.4 is 5.32 Å². The fourth-order valence-electron chi connectivity index (χ4n) is 4.61. The number of hydrogen-bond acceptors (Lipinski definition) is 6. The lowest BCUT2D eigenvalue weighted by Gasteiger charge is -2.40. The van der Waals surface area contributed by atoms with Crippen LogP contribution in [0.25, 0.3) is 11.0 Å². The van der Waals surface area contributed by atoms with Crippen LogP contribution in [0.3, 0.4) is 0 Å². The van der Waals surface area contributed by atoms with Crippen LogP contribution in [0, 0.1) is 17.2 Å². The van der Waals surface area contributed by atoms with Gasteiger partial charge in [-0.15, -0.1) is 0 Å². The molecule has 1 saturated carbocycles. The van der Waals surface area contributed by atoms with Crippen LogP contribution in [-0.4, -0.2) is 72.1 Å². The van der Waals surface area contributed by atoms with E-state index in [2.05, 4.69) is 33.2 Å². The first-order valence-corrected chi connectivity index (χ1v) is 12.2. The molecule has 1 saturated heterocycles. The van der Waals surface area contributed by atoms with Crippen molar-refractivity contribution in [3.63, 3.8) is 0 Å². The Morgan fingerprint density at radius 2 is 2.00 bits per heavy atom. The quantitative estimate of drug-likeness (QED) is 0.755. The van der Waals surface area contributed by atoms with Gasteiger partial charge in [0.2, 0.25) is 10.0 Å². The topological polar surface area (TPSA) is 105 Å². The van der Waals surface area contributed by atoms with Crippen LogP contribution >= 0.6 is 0 Å². The van der Waals surface area contributed by atoms with Crippen LogP contribution in [0.2, 0.25) is 0 Å². The van der Waals surface area contributed by atoms with Crippen molar-refractivity contribution in [2.45, 2.75) is 38.1 Å². The summed E-state index contributed by atoms with van der Waals surface area (Å²) in [7, 11) is -1.18. The number of nitriles is 1. The Kier molecular flexibility index (Phi) is 5.75. The van der Waals surface area contributed by atoms with E-state index in [9.17, 15) is 13.7 Å². The van der Waals surface area contributed by atoms with Gasteiger partial charge in [0.15, 0.2) is 0 Å². The molecule has 0 atom stereocenters. The molecular formula is C21H30N6O2S. The molecule has 2 aromatic rings. The summed E-state index contributed by atoms with van der Waals surface area (Å²) >= 11 is 0. The molecule has 4 rings (SSSR count). The van der Waals surface area contributed by atoms with Crippen molar-refractivity contribution in [1.29, 1.82) is 5.26 Å². The van der Waals surface area contributed by atoms with Gasteiger partial charge in [0.1, 0.15) is 11.7 Å². The third-order valence-electron chi connectivity index (χ3n) is 6.64. The molecule has 1 aliphatic heterocycles. The average molecular weight is 431 g/mol. The highest BCUT2D eigenvalue weighted by Gasteiger charge is 2.35. The van der Waals surface area contributed by atoms with Crippen molar-refractivity contribution in [2.24, 2.45) is 5.92 Å². The molecule has 8 nitrogen and oxygen atoms in total. The van der Waals surface area contributed by atoms with Gasteiger partial charge in [-0.3, -0.25) is 0 Å². The number of sulfonamides is 1. The molecule has 0 radical (unpaired) electrons. The molecule has 0 amide bonds. The zero-order valence-corrected chi connectivity index (χ0v) is 18.5. The molecule has 2 aliphatic rings. The van der Waals surface area contributed by atoms with E-state index in [1.807, 2.05) is 19.3 Å². The van der Waals surface area contributed by atoms with Gasteiger partial charge < -0.3 is 15.2 Å². The summed E-state index contributed by atoms with van der Waals surface area (Å²) in [6, 6.07) is 4.17. The number of rotatable bonds is 5. The first-order chi connectivity index (χ1) is 14.3. The van der Waals surface area contributed by atoms with Gasteiger partial charge in [-0.25, -0.2) is 13.4 Å². The fraction of sp³-hybridized carbons (Fsp3) is 0.619. The largest absolute Gasteiger partial charge is 0.378 e. The molecule has 0 aromatic carbocycles. The Bertz CT molecular complexity index is 1040. The van der Waals surface area contributed by atoms with E-state index in [0.29, 0.717) is 18.7 Å². The Morgan fingerprint density at radius 1 is 1.30 bits per heavy atom. The maximum absolute atomic E-state index is 12.9. The van der Waals surface area contributed by atoms with Crippen LogP contribution in [0.1, 0.15) is 38.2 Å². The maximum atomic E-state index is 12.9. The standard InChI is InChI=1S/C21H30N6O2S/c1-21(25-19-17(13-22)14-24-20-18(19)5-8-23-20)6-3-16(4-7-21)15-30(28,29)27-11-9-26(2)10-12-27/h5,8,14,16H,3-4,6-7,9-12,15H2,1-2H3,(H2,23,24,25). The number of hydrogen-bond donors (Lipinski definition) is 2. The number of aromatic nitrogens is 2. The van der Waals surface area contributed by atoms with Gasteiger partial charge in [-0.2, -0.15) is 9.57 Å². The first-order valence-electron chi connectivity index (χ1n) is 10.6. The fourth-order valence-corrected chi connectivity index (χ4v) is 6.46. The van der Waals surface area contributed by atoms with Gasteiger partial charge >= 0.3 is 0 Å². The van der Waals surface area contributed by atoms with Crippen LogP contribution in [-0.2, 0) is 10.0 Å². The number of H-pyrrole nitrogens is 1. The second kappa shape index (κ2) is 8.17. The van der Waals surface area contributed by atoms with E-state index >= 15 is 0 Å². The zero-order valence-electron chi connectivity index (χ0n) is 17.7. The van der Waals surface area contributed by atoms with Gasteiger partial charge in [0, 0.05) is 49.5 Å². The van der Waals surface area contributed by atoms with Crippen molar-refractivity contribution < 1.29 is 8.42 Å². The number of nitrogens with one attached hydrogen (secondary N) is 2. The summed E-state index contributed by atoms with van der Waals surface area (Å²) in [5.74, 6) is 0.428. The third-order valence-corrected chi connectivity index (χ3v) is 8.69. The lowest BCUT2D eigenvalue weighted by Crippen LogP contribution is -2.49. The normalized spacial score (nSPS) is 26.5. The predicted molar refractivity (Wildman–Crippen MR) is 118 cm³/mol. The highest BCUT2D eigenvalue weighted by molar-refractivity contribution is 7.89. The summed E-state index contributed by atoms with van der Waals surface area (Å²) in [6.07, 6.45) is 6.88. The number of anilines is 1. The van der Waals surface area contributed by atoms with Crippen molar-refractivity contribution in [2.75, 3.05) is 44.3 Å². The molecule has 0 unspecified atom stereocenters. The van der Waals surface area contributed by atoms with E-state index in [-0.39, 0.29) is 17.2 Å². The maximum Gasteiger partial charge on any atom is 0.214 e. The molecular weight excluding hydrogens is 400 g/mol. The summed E-state index contributed by atoms with van der Waals surface area (Å²) in [6.45, 7) is 4.95. The number of pyridine rings is 1. The van der Waals surface area contributed by atoms with Gasteiger partial charge in [-0.05, 0) is 51.6 Å². The number of piperazine rings is 1. The first kappa shape index (κ1) is 21.1.